The third kappa shape index (κ3) is 4.21. The van der Waals surface area contributed by atoms with Crippen LogP contribution in [-0.2, 0) is 9.59 Å². The minimum Gasteiger partial charge on any atom is -0.484 e. The van der Waals surface area contributed by atoms with Crippen LogP contribution < -0.4 is 10.1 Å². The van der Waals surface area contributed by atoms with Crippen LogP contribution in [0.5, 0.6) is 5.75 Å². The summed E-state index contributed by atoms with van der Waals surface area (Å²) in [5, 5.41) is 11.9. The smallest absolute Gasteiger partial charge is 0.305 e. The van der Waals surface area contributed by atoms with Gasteiger partial charge in [0.1, 0.15) is 5.75 Å². The molecule has 0 bridgehead atoms. The van der Waals surface area contributed by atoms with Crippen LogP contribution >= 0.6 is 0 Å². The summed E-state index contributed by atoms with van der Waals surface area (Å²) in [4.78, 5) is 23.0. The zero-order valence-corrected chi connectivity index (χ0v) is 12.2. The number of rotatable bonds is 6. The molecule has 1 amide bonds. The largest absolute Gasteiger partial charge is 0.484 e. The highest BCUT2D eigenvalue weighted by Gasteiger charge is 2.37. The second-order valence-electron chi connectivity index (χ2n) is 5.66. The van der Waals surface area contributed by atoms with E-state index in [0.29, 0.717) is 5.75 Å². The molecule has 1 aromatic rings. The first kappa shape index (κ1) is 15.4. The van der Waals surface area contributed by atoms with Crippen LogP contribution in [0.15, 0.2) is 24.3 Å². The SMILES string of the molecule is Cc1ccccc1OCC(=O)NC1(CC(=O)O)CCCC1. The van der Waals surface area contributed by atoms with Crippen molar-refractivity contribution in [2.75, 3.05) is 6.61 Å². The Balaban J connectivity index is 1.91. The highest BCUT2D eigenvalue weighted by atomic mass is 16.5. The van der Waals surface area contributed by atoms with E-state index in [1.807, 2.05) is 31.2 Å². The van der Waals surface area contributed by atoms with Crippen molar-refractivity contribution >= 4 is 11.9 Å². The monoisotopic (exact) mass is 291 g/mol. The van der Waals surface area contributed by atoms with Gasteiger partial charge in [0, 0.05) is 0 Å². The summed E-state index contributed by atoms with van der Waals surface area (Å²) in [7, 11) is 0. The van der Waals surface area contributed by atoms with Gasteiger partial charge >= 0.3 is 5.97 Å². The van der Waals surface area contributed by atoms with Crippen LogP contribution in [0.25, 0.3) is 0 Å². The molecule has 0 heterocycles. The van der Waals surface area contributed by atoms with Crippen LogP contribution in [0.3, 0.4) is 0 Å². The van der Waals surface area contributed by atoms with Crippen molar-refractivity contribution < 1.29 is 19.4 Å². The standard InChI is InChI=1S/C16H21NO4/c1-12-6-2-3-7-13(12)21-11-14(18)17-16(10-15(19)20)8-4-5-9-16/h2-3,6-7H,4-5,8-11H2,1H3,(H,17,18)(H,19,20). The lowest BCUT2D eigenvalue weighted by atomic mass is 9.93. The number of amides is 1. The van der Waals surface area contributed by atoms with E-state index in [1.165, 1.54) is 0 Å². The second-order valence-corrected chi connectivity index (χ2v) is 5.66. The number of hydrogen-bond donors (Lipinski definition) is 2. The lowest BCUT2D eigenvalue weighted by Crippen LogP contribution is -2.49. The van der Waals surface area contributed by atoms with Crippen molar-refractivity contribution in [1.82, 2.24) is 5.32 Å². The maximum atomic E-state index is 12.0. The number of aryl methyl sites for hydroxylation is 1. The van der Waals surface area contributed by atoms with Gasteiger partial charge in [-0.15, -0.1) is 0 Å². The quantitative estimate of drug-likeness (QED) is 0.843. The molecule has 0 radical (unpaired) electrons. The number of carboxylic acid groups (broad SMARTS) is 1. The van der Waals surface area contributed by atoms with Crippen molar-refractivity contribution in [2.45, 2.75) is 44.6 Å². The summed E-state index contributed by atoms with van der Waals surface area (Å²) in [5.41, 5.74) is 0.365. The summed E-state index contributed by atoms with van der Waals surface area (Å²) in [5.74, 6) is -0.468. The predicted octanol–water partition coefficient (Wildman–Crippen LogP) is 2.28. The van der Waals surface area contributed by atoms with Crippen molar-refractivity contribution in [1.29, 1.82) is 0 Å². The molecule has 1 saturated carbocycles. The second kappa shape index (κ2) is 6.61. The summed E-state index contributed by atoms with van der Waals surface area (Å²) in [6, 6.07) is 7.48. The number of carboxylic acids is 1. The maximum absolute atomic E-state index is 12.0. The van der Waals surface area contributed by atoms with E-state index in [0.717, 1.165) is 31.2 Å². The molecule has 5 heteroatoms. The number of ether oxygens (including phenoxy) is 1. The van der Waals surface area contributed by atoms with E-state index >= 15 is 0 Å². The number of aliphatic carboxylic acids is 1. The minimum absolute atomic E-state index is 0.0247. The van der Waals surface area contributed by atoms with E-state index < -0.39 is 11.5 Å². The Bertz CT molecular complexity index is 521. The Morgan fingerprint density at radius 3 is 2.57 bits per heavy atom. The van der Waals surface area contributed by atoms with Gasteiger partial charge in [-0.05, 0) is 31.4 Å². The van der Waals surface area contributed by atoms with Crippen LogP contribution in [0.2, 0.25) is 0 Å². The highest BCUT2D eigenvalue weighted by Crippen LogP contribution is 2.32. The highest BCUT2D eigenvalue weighted by molar-refractivity contribution is 5.79. The molecule has 1 aliphatic carbocycles. The number of carbonyl (C=O) groups is 2. The Morgan fingerprint density at radius 2 is 1.95 bits per heavy atom. The predicted molar refractivity (Wildman–Crippen MR) is 78.3 cm³/mol. The van der Waals surface area contributed by atoms with Gasteiger partial charge in [-0.1, -0.05) is 31.0 Å². The van der Waals surface area contributed by atoms with E-state index in [2.05, 4.69) is 5.32 Å². The van der Waals surface area contributed by atoms with Gasteiger partial charge < -0.3 is 15.2 Å². The van der Waals surface area contributed by atoms with Crippen LogP contribution in [-0.4, -0.2) is 29.1 Å². The van der Waals surface area contributed by atoms with E-state index in [4.69, 9.17) is 9.84 Å². The molecular formula is C16H21NO4. The lowest BCUT2D eigenvalue weighted by molar-refractivity contribution is -0.139. The molecule has 1 fully saturated rings. The average Bonchev–Trinajstić information content (AvgIpc) is 2.85. The Hall–Kier alpha value is -2.04. The van der Waals surface area contributed by atoms with Crippen molar-refractivity contribution in [3.63, 3.8) is 0 Å². The molecule has 0 aromatic heterocycles. The van der Waals surface area contributed by atoms with E-state index in [1.54, 1.807) is 0 Å². The first-order valence-electron chi connectivity index (χ1n) is 7.22. The average molecular weight is 291 g/mol. The zero-order chi connectivity index (χ0) is 15.3. The number of para-hydroxylation sites is 1. The third-order valence-corrected chi connectivity index (χ3v) is 3.91. The third-order valence-electron chi connectivity index (χ3n) is 3.91. The first-order valence-corrected chi connectivity index (χ1v) is 7.22. The molecule has 0 atom stereocenters. The molecule has 1 aromatic carbocycles. The van der Waals surface area contributed by atoms with Crippen molar-refractivity contribution in [3.8, 4) is 5.75 Å². The molecule has 0 unspecified atom stereocenters. The maximum Gasteiger partial charge on any atom is 0.305 e. The summed E-state index contributed by atoms with van der Waals surface area (Å²) in [6.07, 6.45) is 3.31. The molecule has 1 aliphatic rings. The van der Waals surface area contributed by atoms with Crippen LogP contribution in [0.1, 0.15) is 37.7 Å². The van der Waals surface area contributed by atoms with Crippen LogP contribution in [0.4, 0.5) is 0 Å². The first-order chi connectivity index (χ1) is 10.0. The Morgan fingerprint density at radius 1 is 1.29 bits per heavy atom. The minimum atomic E-state index is -0.878. The molecule has 0 spiro atoms. The molecule has 2 rings (SSSR count). The van der Waals surface area contributed by atoms with Gasteiger partial charge in [-0.2, -0.15) is 0 Å². The molecule has 0 aliphatic heterocycles. The Kier molecular flexibility index (Phi) is 4.83. The van der Waals surface area contributed by atoms with Gasteiger partial charge in [0.2, 0.25) is 0 Å². The van der Waals surface area contributed by atoms with E-state index in [9.17, 15) is 9.59 Å². The fourth-order valence-corrected chi connectivity index (χ4v) is 2.88. The summed E-state index contributed by atoms with van der Waals surface area (Å²) in [6.45, 7) is 1.82. The number of nitrogens with one attached hydrogen (secondary N) is 1. The Labute approximate surface area is 124 Å². The van der Waals surface area contributed by atoms with Crippen LogP contribution in [0, 0.1) is 6.92 Å². The van der Waals surface area contributed by atoms with Crippen molar-refractivity contribution in [2.24, 2.45) is 0 Å². The molecule has 0 saturated heterocycles. The molecular weight excluding hydrogens is 270 g/mol. The number of benzene rings is 1. The van der Waals surface area contributed by atoms with Gasteiger partial charge in [0.15, 0.2) is 6.61 Å². The van der Waals surface area contributed by atoms with Gasteiger partial charge in [-0.25, -0.2) is 0 Å². The number of carbonyl (C=O) groups excluding carboxylic acids is 1. The normalized spacial score (nSPS) is 16.4. The van der Waals surface area contributed by atoms with Gasteiger partial charge in [0.05, 0.1) is 12.0 Å². The lowest BCUT2D eigenvalue weighted by Gasteiger charge is -2.28. The molecule has 2 N–H and O–H groups in total. The zero-order valence-electron chi connectivity index (χ0n) is 12.2. The van der Waals surface area contributed by atoms with Gasteiger partial charge in [-0.3, -0.25) is 9.59 Å². The van der Waals surface area contributed by atoms with Gasteiger partial charge in [0.25, 0.3) is 5.91 Å². The summed E-state index contributed by atoms with van der Waals surface area (Å²) < 4.78 is 5.50. The number of hydrogen-bond acceptors (Lipinski definition) is 3. The van der Waals surface area contributed by atoms with E-state index in [-0.39, 0.29) is 18.9 Å². The molecule has 114 valence electrons. The topological polar surface area (TPSA) is 75.6 Å². The fraction of sp³-hybridized carbons (Fsp3) is 0.500. The fourth-order valence-electron chi connectivity index (χ4n) is 2.88. The molecule has 5 nitrogen and oxygen atoms in total. The summed E-state index contributed by atoms with van der Waals surface area (Å²) >= 11 is 0. The van der Waals surface area contributed by atoms with Crippen molar-refractivity contribution in [3.05, 3.63) is 29.8 Å². The molecule has 21 heavy (non-hydrogen) atoms.